The Kier molecular flexibility index (Phi) is 5.86. The molecule has 2 heterocycles. The van der Waals surface area contributed by atoms with Crippen LogP contribution in [0.5, 0.6) is 0 Å². The summed E-state index contributed by atoms with van der Waals surface area (Å²) in [6.07, 6.45) is 2.28. The summed E-state index contributed by atoms with van der Waals surface area (Å²) < 4.78 is 7.54. The van der Waals surface area contributed by atoms with Crippen LogP contribution in [0.4, 0.5) is 4.79 Å². The molecule has 6 nitrogen and oxygen atoms in total. The first-order valence-corrected chi connectivity index (χ1v) is 9.39. The smallest absolute Gasteiger partial charge is 0.343 e. The molecule has 0 spiro atoms. The SMILES string of the molecule is CC(C)(C)CNC(=O)N=c1sc(C(C)(C)C)nn1C[C@H]1CCCO1. The van der Waals surface area contributed by atoms with Gasteiger partial charge in [-0.05, 0) is 18.3 Å². The van der Waals surface area contributed by atoms with Crippen molar-refractivity contribution in [3.8, 4) is 0 Å². The largest absolute Gasteiger partial charge is 0.376 e. The Balaban J connectivity index is 2.23. The molecule has 1 aliphatic rings. The van der Waals surface area contributed by atoms with Crippen molar-refractivity contribution in [1.29, 1.82) is 0 Å². The van der Waals surface area contributed by atoms with E-state index in [1.807, 2.05) is 4.68 Å². The average molecular weight is 355 g/mol. The Morgan fingerprint density at radius 3 is 2.62 bits per heavy atom. The lowest BCUT2D eigenvalue weighted by Gasteiger charge is -2.17. The lowest BCUT2D eigenvalue weighted by atomic mass is 9.97. The van der Waals surface area contributed by atoms with Crippen molar-refractivity contribution in [2.75, 3.05) is 13.2 Å². The molecule has 1 fully saturated rings. The number of amides is 2. The molecule has 0 bridgehead atoms. The quantitative estimate of drug-likeness (QED) is 0.907. The number of nitrogens with one attached hydrogen (secondary N) is 1. The van der Waals surface area contributed by atoms with Gasteiger partial charge in [0.25, 0.3) is 0 Å². The minimum Gasteiger partial charge on any atom is -0.376 e. The van der Waals surface area contributed by atoms with Crippen molar-refractivity contribution < 1.29 is 9.53 Å². The van der Waals surface area contributed by atoms with Crippen LogP contribution in [0.25, 0.3) is 0 Å². The van der Waals surface area contributed by atoms with Crippen LogP contribution in [-0.4, -0.2) is 35.1 Å². The van der Waals surface area contributed by atoms with Crippen LogP contribution >= 0.6 is 11.3 Å². The van der Waals surface area contributed by atoms with Crippen LogP contribution in [0, 0.1) is 5.41 Å². The van der Waals surface area contributed by atoms with Gasteiger partial charge in [-0.2, -0.15) is 10.1 Å². The Morgan fingerprint density at radius 2 is 2.08 bits per heavy atom. The number of aromatic nitrogens is 2. The molecule has 1 aromatic heterocycles. The maximum Gasteiger partial charge on any atom is 0.343 e. The molecule has 1 aliphatic heterocycles. The van der Waals surface area contributed by atoms with E-state index in [0.29, 0.717) is 17.9 Å². The molecule has 1 N–H and O–H groups in total. The number of rotatable bonds is 3. The van der Waals surface area contributed by atoms with Crippen LogP contribution in [0.2, 0.25) is 0 Å². The molecule has 7 heteroatoms. The fourth-order valence-corrected chi connectivity index (χ4v) is 3.23. The highest BCUT2D eigenvalue weighted by Gasteiger charge is 2.23. The van der Waals surface area contributed by atoms with Gasteiger partial charge in [0, 0.05) is 18.6 Å². The third-order valence-electron chi connectivity index (χ3n) is 3.63. The fourth-order valence-electron chi connectivity index (χ4n) is 2.26. The van der Waals surface area contributed by atoms with E-state index in [1.165, 1.54) is 11.3 Å². The fraction of sp³-hybridized carbons (Fsp3) is 0.824. The number of carbonyl (C=O) groups is 1. The van der Waals surface area contributed by atoms with Crippen LogP contribution < -0.4 is 10.1 Å². The zero-order valence-electron chi connectivity index (χ0n) is 15.7. The highest BCUT2D eigenvalue weighted by molar-refractivity contribution is 7.09. The van der Waals surface area contributed by atoms with Crippen molar-refractivity contribution in [2.24, 2.45) is 10.4 Å². The first-order chi connectivity index (χ1) is 11.0. The Bertz CT molecular complexity index is 628. The van der Waals surface area contributed by atoms with Gasteiger partial charge < -0.3 is 10.1 Å². The van der Waals surface area contributed by atoms with Gasteiger partial charge in [0.1, 0.15) is 5.01 Å². The van der Waals surface area contributed by atoms with E-state index in [2.05, 4.69) is 57.0 Å². The molecular formula is C17H30N4O2S. The summed E-state index contributed by atoms with van der Waals surface area (Å²) in [7, 11) is 0. The Hall–Kier alpha value is -1.21. The predicted octanol–water partition coefficient (Wildman–Crippen LogP) is 3.08. The van der Waals surface area contributed by atoms with Crippen molar-refractivity contribution >= 4 is 17.4 Å². The molecule has 0 aliphatic carbocycles. The first-order valence-electron chi connectivity index (χ1n) is 8.57. The van der Waals surface area contributed by atoms with Crippen LogP contribution in [0.1, 0.15) is 59.4 Å². The maximum atomic E-state index is 12.2. The van der Waals surface area contributed by atoms with Gasteiger partial charge in [-0.15, -0.1) is 0 Å². The van der Waals surface area contributed by atoms with E-state index in [-0.39, 0.29) is 23.0 Å². The predicted molar refractivity (Wildman–Crippen MR) is 96.2 cm³/mol. The molecular weight excluding hydrogens is 324 g/mol. The molecule has 2 rings (SSSR count). The number of urea groups is 1. The number of nitrogens with zero attached hydrogens (tertiary/aromatic N) is 3. The minimum absolute atomic E-state index is 0.0309. The van der Waals surface area contributed by atoms with Gasteiger partial charge in [0.15, 0.2) is 0 Å². The van der Waals surface area contributed by atoms with Gasteiger partial charge in [-0.1, -0.05) is 52.9 Å². The Morgan fingerprint density at radius 1 is 1.38 bits per heavy atom. The van der Waals surface area contributed by atoms with Crippen LogP contribution in [0.15, 0.2) is 4.99 Å². The third-order valence-corrected chi connectivity index (χ3v) is 5.00. The van der Waals surface area contributed by atoms with E-state index >= 15 is 0 Å². The first kappa shape index (κ1) is 19.1. The van der Waals surface area contributed by atoms with Crippen LogP contribution in [-0.2, 0) is 16.7 Å². The molecule has 136 valence electrons. The van der Waals surface area contributed by atoms with E-state index in [4.69, 9.17) is 4.74 Å². The second-order valence-electron chi connectivity index (χ2n) is 8.59. The van der Waals surface area contributed by atoms with Gasteiger partial charge in [-0.3, -0.25) is 0 Å². The van der Waals surface area contributed by atoms with E-state index in [0.717, 1.165) is 24.5 Å². The van der Waals surface area contributed by atoms with E-state index in [1.54, 1.807) is 0 Å². The number of carbonyl (C=O) groups excluding carboxylic acids is 1. The van der Waals surface area contributed by atoms with Crippen LogP contribution in [0.3, 0.4) is 0 Å². The van der Waals surface area contributed by atoms with E-state index < -0.39 is 0 Å². The highest BCUT2D eigenvalue weighted by atomic mass is 32.1. The lowest BCUT2D eigenvalue weighted by molar-refractivity contribution is 0.0928. The van der Waals surface area contributed by atoms with Crippen molar-refractivity contribution in [2.45, 2.75) is 72.4 Å². The van der Waals surface area contributed by atoms with E-state index in [9.17, 15) is 4.79 Å². The van der Waals surface area contributed by atoms with Gasteiger partial charge in [-0.25, -0.2) is 9.48 Å². The summed E-state index contributed by atoms with van der Waals surface area (Å²) in [6, 6.07) is -0.310. The second kappa shape index (κ2) is 7.35. The lowest BCUT2D eigenvalue weighted by Crippen LogP contribution is -2.32. The number of ether oxygens (including phenoxy) is 1. The maximum absolute atomic E-state index is 12.2. The summed E-state index contributed by atoms with van der Waals surface area (Å²) >= 11 is 1.48. The zero-order chi connectivity index (χ0) is 18.0. The average Bonchev–Trinajstić information content (AvgIpc) is 3.06. The molecule has 2 amide bonds. The molecule has 0 saturated carbocycles. The molecule has 24 heavy (non-hydrogen) atoms. The highest BCUT2D eigenvalue weighted by Crippen LogP contribution is 2.22. The molecule has 0 aromatic carbocycles. The molecule has 0 unspecified atom stereocenters. The van der Waals surface area contributed by atoms with Crippen molar-refractivity contribution in [3.05, 3.63) is 9.81 Å². The summed E-state index contributed by atoms with van der Waals surface area (Å²) in [5.74, 6) is 0. The summed E-state index contributed by atoms with van der Waals surface area (Å²) in [5.41, 5.74) is -0.0400. The van der Waals surface area contributed by atoms with Gasteiger partial charge in [0.05, 0.1) is 12.6 Å². The van der Waals surface area contributed by atoms with Crippen molar-refractivity contribution in [3.63, 3.8) is 0 Å². The molecule has 1 saturated heterocycles. The van der Waals surface area contributed by atoms with Gasteiger partial charge in [0.2, 0.25) is 4.80 Å². The number of hydrogen-bond donors (Lipinski definition) is 1. The topological polar surface area (TPSA) is 68.5 Å². The summed E-state index contributed by atoms with van der Waals surface area (Å²) in [6.45, 7) is 14.6. The molecule has 0 radical (unpaired) electrons. The molecule has 1 atom stereocenters. The Labute approximate surface area is 148 Å². The normalized spacial score (nSPS) is 19.8. The monoisotopic (exact) mass is 354 g/mol. The summed E-state index contributed by atoms with van der Waals surface area (Å²) in [4.78, 5) is 17.1. The standard InChI is InChI=1S/C17H30N4O2S/c1-16(2,3)11-18-14(22)19-15-21(10-12-8-7-9-23-12)20-13(24-15)17(4,5)6/h12H,7-11H2,1-6H3,(H,18,22)/t12-/m1/s1. The third kappa shape index (κ3) is 5.70. The minimum atomic E-state index is -0.310. The number of hydrogen-bond acceptors (Lipinski definition) is 4. The zero-order valence-corrected chi connectivity index (χ0v) is 16.5. The summed E-state index contributed by atoms with van der Waals surface area (Å²) in [5, 5.41) is 8.53. The second-order valence-corrected chi connectivity index (χ2v) is 9.54. The molecule has 1 aromatic rings. The van der Waals surface area contributed by atoms with Crippen molar-refractivity contribution in [1.82, 2.24) is 15.1 Å². The van der Waals surface area contributed by atoms with Gasteiger partial charge >= 0.3 is 6.03 Å².